The van der Waals surface area contributed by atoms with E-state index >= 15 is 0 Å². The summed E-state index contributed by atoms with van der Waals surface area (Å²) in [7, 11) is 0. The normalized spacial score (nSPS) is 16.1. The summed E-state index contributed by atoms with van der Waals surface area (Å²) in [5, 5.41) is 5.30. The van der Waals surface area contributed by atoms with Gasteiger partial charge in [-0.1, -0.05) is 29.8 Å². The summed E-state index contributed by atoms with van der Waals surface area (Å²) < 4.78 is 0. The van der Waals surface area contributed by atoms with Crippen LogP contribution in [-0.2, 0) is 11.2 Å². The molecule has 1 aliphatic rings. The number of carbonyl (C=O) groups is 1. The molecule has 0 bridgehead atoms. The van der Waals surface area contributed by atoms with Crippen LogP contribution in [0.3, 0.4) is 0 Å². The van der Waals surface area contributed by atoms with Gasteiger partial charge in [-0.25, -0.2) is 0 Å². The lowest BCUT2D eigenvalue weighted by atomic mass is 10.0. The zero-order valence-electron chi connectivity index (χ0n) is 15.3. The molecular weight excluding hydrogens is 328 g/mol. The molecule has 1 unspecified atom stereocenters. The molecule has 3 nitrogen and oxygen atoms in total. The zero-order valence-corrected chi connectivity index (χ0v) is 16.1. The van der Waals surface area contributed by atoms with Gasteiger partial charge < -0.3 is 5.32 Å². The number of benzene rings is 1. The van der Waals surface area contributed by atoms with Crippen molar-refractivity contribution in [3.05, 3.63) is 57.3 Å². The minimum absolute atomic E-state index is 0.153. The molecule has 1 aliphatic heterocycles. The van der Waals surface area contributed by atoms with E-state index in [0.29, 0.717) is 19.0 Å². The van der Waals surface area contributed by atoms with E-state index in [1.807, 2.05) is 0 Å². The van der Waals surface area contributed by atoms with Crippen LogP contribution in [0, 0.1) is 13.8 Å². The lowest BCUT2D eigenvalue weighted by Crippen LogP contribution is -2.36. The Morgan fingerprint density at radius 3 is 2.72 bits per heavy atom. The van der Waals surface area contributed by atoms with Crippen molar-refractivity contribution in [1.82, 2.24) is 10.2 Å². The summed E-state index contributed by atoms with van der Waals surface area (Å²) in [5.41, 5.74) is 3.83. The van der Waals surface area contributed by atoms with E-state index in [-0.39, 0.29) is 5.91 Å². The second-order valence-corrected chi connectivity index (χ2v) is 7.99. The van der Waals surface area contributed by atoms with Gasteiger partial charge in [0.2, 0.25) is 5.91 Å². The molecule has 134 valence electrons. The van der Waals surface area contributed by atoms with Gasteiger partial charge in [-0.05, 0) is 68.8 Å². The van der Waals surface area contributed by atoms with Crippen molar-refractivity contribution in [3.8, 4) is 0 Å². The van der Waals surface area contributed by atoms with Crippen LogP contribution in [0.25, 0.3) is 0 Å². The molecule has 1 amide bonds. The molecule has 3 rings (SSSR count). The quantitative estimate of drug-likeness (QED) is 0.804. The maximum absolute atomic E-state index is 12.4. The molecule has 2 heterocycles. The first kappa shape index (κ1) is 18.2. The molecule has 0 aliphatic carbocycles. The highest BCUT2D eigenvalue weighted by molar-refractivity contribution is 7.10. The number of likely N-dealkylation sites (tertiary alicyclic amines) is 1. The van der Waals surface area contributed by atoms with Crippen molar-refractivity contribution in [2.24, 2.45) is 0 Å². The third-order valence-electron chi connectivity index (χ3n) is 5.07. The summed E-state index contributed by atoms with van der Waals surface area (Å²) in [4.78, 5) is 16.2. The van der Waals surface area contributed by atoms with E-state index in [1.54, 1.807) is 11.3 Å². The Morgan fingerprint density at radius 1 is 1.24 bits per heavy atom. The highest BCUT2D eigenvalue weighted by Gasteiger charge is 2.24. The van der Waals surface area contributed by atoms with Crippen LogP contribution in [0.15, 0.2) is 35.7 Å². The number of rotatable bonds is 7. The van der Waals surface area contributed by atoms with Gasteiger partial charge in [-0.3, -0.25) is 9.69 Å². The lowest BCUT2D eigenvalue weighted by molar-refractivity contribution is -0.121. The van der Waals surface area contributed by atoms with Crippen LogP contribution in [0.4, 0.5) is 0 Å². The molecular formula is C21H28N2OS. The van der Waals surface area contributed by atoms with E-state index in [1.165, 1.54) is 34.4 Å². The molecule has 1 atom stereocenters. The number of carbonyl (C=O) groups excluding carboxylic acids is 1. The van der Waals surface area contributed by atoms with Crippen molar-refractivity contribution >= 4 is 17.2 Å². The zero-order chi connectivity index (χ0) is 17.6. The maximum atomic E-state index is 12.4. The number of hydrogen-bond acceptors (Lipinski definition) is 3. The number of amides is 1. The third-order valence-corrected chi connectivity index (χ3v) is 6.04. The maximum Gasteiger partial charge on any atom is 0.220 e. The summed E-state index contributed by atoms with van der Waals surface area (Å²) in [5.74, 6) is 0.153. The van der Waals surface area contributed by atoms with Crippen LogP contribution in [0.2, 0.25) is 0 Å². The van der Waals surface area contributed by atoms with Crippen molar-refractivity contribution in [1.29, 1.82) is 0 Å². The smallest absolute Gasteiger partial charge is 0.220 e. The molecule has 0 spiro atoms. The predicted octanol–water partition coefficient (Wildman–Crippen LogP) is 4.25. The average molecular weight is 357 g/mol. The monoisotopic (exact) mass is 356 g/mol. The van der Waals surface area contributed by atoms with E-state index in [4.69, 9.17) is 0 Å². The van der Waals surface area contributed by atoms with E-state index in [0.717, 1.165) is 19.5 Å². The van der Waals surface area contributed by atoms with Gasteiger partial charge in [0.05, 0.1) is 6.04 Å². The van der Waals surface area contributed by atoms with Gasteiger partial charge in [0.25, 0.3) is 0 Å². The minimum atomic E-state index is 0.153. The second-order valence-electron chi connectivity index (χ2n) is 7.01. The SMILES string of the molecule is Cc1ccc(CCC(=O)NCC(c2cccs2)N2CCCC2)c(C)c1. The van der Waals surface area contributed by atoms with E-state index in [2.05, 4.69) is 59.8 Å². The fourth-order valence-electron chi connectivity index (χ4n) is 3.62. The molecule has 0 saturated carbocycles. The van der Waals surface area contributed by atoms with Crippen LogP contribution in [-0.4, -0.2) is 30.4 Å². The minimum Gasteiger partial charge on any atom is -0.354 e. The molecule has 1 aromatic heterocycles. The number of thiophene rings is 1. The Bertz CT molecular complexity index is 690. The summed E-state index contributed by atoms with van der Waals surface area (Å²) in [6.07, 6.45) is 3.90. The van der Waals surface area contributed by atoms with Gasteiger partial charge in [0.15, 0.2) is 0 Å². The second kappa shape index (κ2) is 8.63. The molecule has 1 N–H and O–H groups in total. The Morgan fingerprint density at radius 2 is 2.04 bits per heavy atom. The highest BCUT2D eigenvalue weighted by atomic mass is 32.1. The molecule has 4 heteroatoms. The van der Waals surface area contributed by atoms with Crippen LogP contribution in [0.5, 0.6) is 0 Å². The van der Waals surface area contributed by atoms with Crippen LogP contribution >= 0.6 is 11.3 Å². The van der Waals surface area contributed by atoms with Gasteiger partial charge >= 0.3 is 0 Å². The molecule has 1 aromatic carbocycles. The van der Waals surface area contributed by atoms with Crippen molar-refractivity contribution in [2.45, 2.75) is 45.6 Å². The standard InChI is InChI=1S/C21H28N2OS/c1-16-7-8-18(17(2)14-16)9-10-21(24)22-15-19(20-6-5-13-25-20)23-11-3-4-12-23/h5-8,13-14,19H,3-4,9-12,15H2,1-2H3,(H,22,24). The number of nitrogens with one attached hydrogen (secondary N) is 1. The van der Waals surface area contributed by atoms with E-state index in [9.17, 15) is 4.79 Å². The van der Waals surface area contributed by atoms with Crippen molar-refractivity contribution in [3.63, 3.8) is 0 Å². The molecule has 0 radical (unpaired) electrons. The largest absolute Gasteiger partial charge is 0.354 e. The summed E-state index contributed by atoms with van der Waals surface area (Å²) in [6, 6.07) is 11.1. The number of nitrogens with zero attached hydrogens (tertiary/aromatic N) is 1. The van der Waals surface area contributed by atoms with Gasteiger partial charge in [-0.15, -0.1) is 11.3 Å². The van der Waals surface area contributed by atoms with Gasteiger partial charge in [0, 0.05) is 17.8 Å². The Labute approximate surface area is 155 Å². The fraction of sp³-hybridized carbons (Fsp3) is 0.476. The first-order chi connectivity index (χ1) is 12.1. The molecule has 25 heavy (non-hydrogen) atoms. The van der Waals surface area contributed by atoms with Crippen molar-refractivity contribution < 1.29 is 4.79 Å². The third kappa shape index (κ3) is 4.93. The summed E-state index contributed by atoms with van der Waals surface area (Å²) in [6.45, 7) is 7.22. The average Bonchev–Trinajstić information content (AvgIpc) is 3.28. The molecule has 2 aromatic rings. The Hall–Kier alpha value is -1.65. The van der Waals surface area contributed by atoms with E-state index < -0.39 is 0 Å². The Balaban J connectivity index is 1.53. The predicted molar refractivity (Wildman–Crippen MR) is 105 cm³/mol. The topological polar surface area (TPSA) is 32.3 Å². The van der Waals surface area contributed by atoms with Crippen molar-refractivity contribution in [2.75, 3.05) is 19.6 Å². The van der Waals surface area contributed by atoms with Crippen LogP contribution < -0.4 is 5.32 Å². The molecule has 1 saturated heterocycles. The lowest BCUT2D eigenvalue weighted by Gasteiger charge is -2.27. The summed E-state index contributed by atoms with van der Waals surface area (Å²) >= 11 is 1.79. The first-order valence-electron chi connectivity index (χ1n) is 9.24. The van der Waals surface area contributed by atoms with Crippen LogP contribution in [0.1, 0.15) is 46.9 Å². The van der Waals surface area contributed by atoms with Gasteiger partial charge in [-0.2, -0.15) is 0 Å². The first-order valence-corrected chi connectivity index (χ1v) is 10.1. The fourth-order valence-corrected chi connectivity index (χ4v) is 4.48. The molecule has 1 fully saturated rings. The number of hydrogen-bond donors (Lipinski definition) is 1. The van der Waals surface area contributed by atoms with Gasteiger partial charge in [0.1, 0.15) is 0 Å². The Kier molecular flexibility index (Phi) is 6.27. The highest BCUT2D eigenvalue weighted by Crippen LogP contribution is 2.27. The number of aryl methyl sites for hydroxylation is 3.